The summed E-state index contributed by atoms with van der Waals surface area (Å²) in [6.45, 7) is 15.0. The van der Waals surface area contributed by atoms with Crippen LogP contribution in [0.1, 0.15) is 218 Å². The van der Waals surface area contributed by atoms with Crippen molar-refractivity contribution in [2.75, 3.05) is 27.4 Å². The summed E-state index contributed by atoms with van der Waals surface area (Å²) in [5, 5.41) is 7.12. The minimum atomic E-state index is 0.597. The summed E-state index contributed by atoms with van der Waals surface area (Å²) in [7, 11) is 3.50. The maximum atomic E-state index is 6.99. The molecular weight excluding hydrogens is 1330 g/mol. The van der Waals surface area contributed by atoms with Gasteiger partial charge < -0.3 is 18.9 Å². The number of aromatic nitrogens is 6. The van der Waals surface area contributed by atoms with Crippen molar-refractivity contribution >= 4 is 76.7 Å². The van der Waals surface area contributed by atoms with E-state index < -0.39 is 0 Å². The molecule has 0 aliphatic heterocycles. The van der Waals surface area contributed by atoms with E-state index in [0.29, 0.717) is 13.2 Å². The fourth-order valence-corrected chi connectivity index (χ4v) is 16.8. The van der Waals surface area contributed by atoms with Crippen LogP contribution in [0.25, 0.3) is 133 Å². The van der Waals surface area contributed by atoms with E-state index in [-0.39, 0.29) is 0 Å². The van der Waals surface area contributed by atoms with Crippen LogP contribution >= 0.6 is 0 Å². The lowest BCUT2D eigenvalue weighted by Gasteiger charge is -2.19. The van der Waals surface area contributed by atoms with Gasteiger partial charge in [0.1, 0.15) is 34.3 Å². The van der Waals surface area contributed by atoms with Crippen molar-refractivity contribution in [1.29, 1.82) is 0 Å². The van der Waals surface area contributed by atoms with Crippen LogP contribution in [0.2, 0.25) is 0 Å². The van der Waals surface area contributed by atoms with Crippen LogP contribution in [0.5, 0.6) is 23.0 Å². The van der Waals surface area contributed by atoms with Gasteiger partial charge in [-0.2, -0.15) is 0 Å². The van der Waals surface area contributed by atoms with Crippen molar-refractivity contribution in [2.45, 2.75) is 221 Å². The molecule has 10 nitrogen and oxygen atoms in total. The molecule has 8 aromatic heterocycles. The van der Waals surface area contributed by atoms with Gasteiger partial charge in [-0.3, -0.25) is 8.80 Å². The van der Waals surface area contributed by atoms with Crippen molar-refractivity contribution in [3.63, 3.8) is 0 Å². The molecule has 8 heterocycles. The summed E-state index contributed by atoms with van der Waals surface area (Å²) in [6.07, 6.45) is 31.6. The van der Waals surface area contributed by atoms with Gasteiger partial charge in [0.25, 0.3) is 0 Å². The Bertz CT molecular complexity index is 5080. The summed E-state index contributed by atoms with van der Waals surface area (Å²) >= 11 is 0. The molecule has 0 unspecified atom stereocenters. The van der Waals surface area contributed by atoms with Gasteiger partial charge >= 0.3 is 0 Å². The van der Waals surface area contributed by atoms with Crippen LogP contribution in [-0.2, 0) is 25.7 Å². The second-order valence-electron chi connectivity index (χ2n) is 30.3. The quantitative estimate of drug-likeness (QED) is 0.0278. The predicted octanol–water partition coefficient (Wildman–Crippen LogP) is 27.5. The highest BCUT2D eigenvalue weighted by atomic mass is 16.5. The molecule has 10 heteroatoms. The van der Waals surface area contributed by atoms with Gasteiger partial charge in [0.05, 0.1) is 83.3 Å². The molecule has 6 aromatic carbocycles. The Morgan fingerprint density at radius 1 is 0.287 bits per heavy atom. The Labute approximate surface area is 640 Å². The maximum Gasteiger partial charge on any atom is 0.145 e. The standard InChI is InChI=1S/C98H112N6O4/c1-9-15-21-23-25-35-57-107-75-63-87(71-49-55-81-91(61-71)103-95(93(81)67-45-51-73(105-7)52-46-67)79(41-29-19-13-5)77(39-27-17-11-3)83-59-69-37-31-33-43-85(69)101-97(83)103)99-89(65-75)90-66-76(108-58-36-26-24-22-16-10-2)64-88(100-90)72-50-56-82-92(62-72)104-96(94(82)68-47-53-74(106-8)54-48-68)80(42-30-20-14-6)78(40-28-18-12-4)84-60-70-38-32-34-44-86(70)102-98(84)104/h31-34,37-38,43-56,59-66H,9-30,35-36,39-42,57-58H2,1-8H3. The Morgan fingerprint density at radius 3 is 1.02 bits per heavy atom. The highest BCUT2D eigenvalue weighted by Gasteiger charge is 2.28. The zero-order chi connectivity index (χ0) is 74.3. The van der Waals surface area contributed by atoms with Gasteiger partial charge in [-0.15, -0.1) is 0 Å². The van der Waals surface area contributed by atoms with Crippen molar-refractivity contribution in [3.8, 4) is 79.2 Å². The smallest absolute Gasteiger partial charge is 0.145 e. The number of unbranched alkanes of at least 4 members (excludes halogenated alkanes) is 18. The average molecular weight is 1440 g/mol. The van der Waals surface area contributed by atoms with Gasteiger partial charge in [0, 0.05) is 78.8 Å². The van der Waals surface area contributed by atoms with Crippen LogP contribution in [0, 0.1) is 0 Å². The molecule has 0 amide bonds. The van der Waals surface area contributed by atoms with E-state index in [1.165, 1.54) is 130 Å². The minimum Gasteiger partial charge on any atom is -0.497 e. The number of para-hydroxylation sites is 2. The predicted molar refractivity (Wildman–Crippen MR) is 456 cm³/mol. The van der Waals surface area contributed by atoms with E-state index in [1.807, 2.05) is 0 Å². The molecule has 0 saturated carbocycles. The van der Waals surface area contributed by atoms with Crippen molar-refractivity contribution in [1.82, 2.24) is 28.7 Å². The summed E-state index contributed by atoms with van der Waals surface area (Å²) in [4.78, 5) is 23.0. The highest BCUT2D eigenvalue weighted by molar-refractivity contribution is 6.13. The number of nitrogens with zero attached hydrogens (tertiary/aromatic N) is 6. The lowest BCUT2D eigenvalue weighted by atomic mass is 9.91. The van der Waals surface area contributed by atoms with Gasteiger partial charge in [0.2, 0.25) is 0 Å². The van der Waals surface area contributed by atoms with Crippen LogP contribution in [-0.4, -0.2) is 56.2 Å². The molecular formula is C98H112N6O4. The topological polar surface area (TPSA) is 97.3 Å². The normalized spacial score (nSPS) is 11.9. The molecule has 14 rings (SSSR count). The first-order chi connectivity index (χ1) is 53.3. The zero-order valence-electron chi connectivity index (χ0n) is 65.7. The second-order valence-corrected chi connectivity index (χ2v) is 30.3. The molecule has 0 saturated heterocycles. The number of fused-ring (bicyclic) bond motifs is 12. The Kier molecular flexibility index (Phi) is 25.0. The average Bonchev–Trinajstić information content (AvgIpc) is 1.54. The number of benzene rings is 6. The molecule has 0 radical (unpaired) electrons. The summed E-state index contributed by atoms with van der Waals surface area (Å²) < 4.78 is 30.7. The van der Waals surface area contributed by atoms with E-state index in [9.17, 15) is 0 Å². The third-order valence-electron chi connectivity index (χ3n) is 22.6. The highest BCUT2D eigenvalue weighted by Crippen LogP contribution is 2.47. The number of aryl methyl sites for hydroxylation is 4. The van der Waals surface area contributed by atoms with E-state index in [1.54, 1.807) is 14.2 Å². The molecule has 0 atom stereocenters. The largest absolute Gasteiger partial charge is 0.497 e. The number of hydrogen-bond donors (Lipinski definition) is 0. The fraction of sp³-hybridized carbons (Fsp3) is 0.388. The Hall–Kier alpha value is -9.80. The van der Waals surface area contributed by atoms with E-state index in [0.717, 1.165) is 228 Å². The third-order valence-corrected chi connectivity index (χ3v) is 22.6. The molecule has 14 aromatic rings. The van der Waals surface area contributed by atoms with Crippen molar-refractivity contribution < 1.29 is 18.9 Å². The first-order valence-electron chi connectivity index (χ1n) is 41.5. The summed E-state index contributed by atoms with van der Waals surface area (Å²) in [5.74, 6) is 3.20. The minimum absolute atomic E-state index is 0.597. The first-order valence-corrected chi connectivity index (χ1v) is 41.5. The fourth-order valence-electron chi connectivity index (χ4n) is 16.8. The van der Waals surface area contributed by atoms with Crippen molar-refractivity contribution in [3.05, 3.63) is 192 Å². The van der Waals surface area contributed by atoms with Gasteiger partial charge in [-0.05, 0) is 158 Å². The molecule has 0 aliphatic rings. The molecule has 0 fully saturated rings. The SMILES string of the molecule is CCCCCCCCOc1cc(-c2ccc3c(-c4ccc(OC)cc4)c4c(CCCCC)c(CCCCC)c5cc6ccccc6nc5n4c3c2)nc(-c2cc(OCCCCCCCC)cc(-c3ccc4c(-c5ccc(OC)cc5)c5c(CCCCC)c(CCCCC)c6cc7ccccc7nc6n5c4c3)n2)c1. The maximum absolute atomic E-state index is 6.99. The summed E-state index contributed by atoms with van der Waals surface area (Å²) in [6, 6.07) is 62.2. The zero-order valence-corrected chi connectivity index (χ0v) is 65.7. The Morgan fingerprint density at radius 2 is 0.630 bits per heavy atom. The number of methoxy groups -OCH3 is 2. The van der Waals surface area contributed by atoms with Crippen LogP contribution in [0.15, 0.2) is 170 Å². The van der Waals surface area contributed by atoms with E-state index in [2.05, 4.69) is 220 Å². The molecule has 108 heavy (non-hydrogen) atoms. The molecule has 558 valence electrons. The van der Waals surface area contributed by atoms with Crippen molar-refractivity contribution in [2.24, 2.45) is 0 Å². The van der Waals surface area contributed by atoms with Crippen LogP contribution in [0.3, 0.4) is 0 Å². The van der Waals surface area contributed by atoms with E-state index in [4.69, 9.17) is 38.9 Å². The first kappa shape index (κ1) is 75.0. The molecule has 0 aliphatic carbocycles. The molecule has 0 spiro atoms. The Balaban J connectivity index is 0.996. The number of pyridine rings is 6. The number of rotatable bonds is 39. The van der Waals surface area contributed by atoms with Crippen LogP contribution < -0.4 is 18.9 Å². The monoisotopic (exact) mass is 1440 g/mol. The van der Waals surface area contributed by atoms with Gasteiger partial charge in [-0.25, -0.2) is 19.9 Å². The number of ether oxygens (including phenoxy) is 4. The molecule has 0 N–H and O–H groups in total. The van der Waals surface area contributed by atoms with Gasteiger partial charge in [0.15, 0.2) is 0 Å². The van der Waals surface area contributed by atoms with E-state index >= 15 is 0 Å². The third kappa shape index (κ3) is 16.2. The van der Waals surface area contributed by atoms with Crippen LogP contribution in [0.4, 0.5) is 0 Å². The lowest BCUT2D eigenvalue weighted by Crippen LogP contribution is -2.05. The number of hydrogen-bond acceptors (Lipinski definition) is 8. The summed E-state index contributed by atoms with van der Waals surface area (Å²) in [5.41, 5.74) is 24.1. The molecule has 0 bridgehead atoms. The van der Waals surface area contributed by atoms with Gasteiger partial charge in [-0.1, -0.05) is 242 Å². The lowest BCUT2D eigenvalue weighted by molar-refractivity contribution is 0.303. The second kappa shape index (κ2) is 35.9.